The van der Waals surface area contributed by atoms with Crippen LogP contribution in [0.3, 0.4) is 0 Å². The molecule has 18 heavy (non-hydrogen) atoms. The van der Waals surface area contributed by atoms with Gasteiger partial charge in [0.2, 0.25) is 0 Å². The first-order valence-electron chi connectivity index (χ1n) is 7.17. The summed E-state index contributed by atoms with van der Waals surface area (Å²) in [6.45, 7) is 8.21. The number of hydrogen-bond donors (Lipinski definition) is 1. The molecule has 1 aromatic carbocycles. The fourth-order valence-electron chi connectivity index (χ4n) is 1.76. The third kappa shape index (κ3) is 7.46. The molecule has 102 valence electrons. The van der Waals surface area contributed by atoms with Crippen molar-refractivity contribution in [1.82, 2.24) is 5.32 Å². The van der Waals surface area contributed by atoms with Crippen LogP contribution in [-0.2, 0) is 11.3 Å². The van der Waals surface area contributed by atoms with Crippen molar-refractivity contribution in [2.75, 3.05) is 19.7 Å². The zero-order chi connectivity index (χ0) is 13.1. The minimum Gasteiger partial charge on any atom is -0.377 e. The smallest absolute Gasteiger partial charge is 0.0716 e. The molecule has 0 bridgehead atoms. The maximum atomic E-state index is 5.66. The van der Waals surface area contributed by atoms with Gasteiger partial charge in [0.15, 0.2) is 0 Å². The highest BCUT2D eigenvalue weighted by Crippen LogP contribution is 2.04. The van der Waals surface area contributed by atoms with Gasteiger partial charge in [0.1, 0.15) is 0 Å². The van der Waals surface area contributed by atoms with Gasteiger partial charge in [0, 0.05) is 6.61 Å². The quantitative estimate of drug-likeness (QED) is 0.639. The van der Waals surface area contributed by atoms with Crippen molar-refractivity contribution in [3.05, 3.63) is 35.4 Å². The molecule has 2 heteroatoms. The molecule has 2 nitrogen and oxygen atoms in total. The summed E-state index contributed by atoms with van der Waals surface area (Å²) in [6.07, 6.45) is 4.90. The molecule has 0 aliphatic rings. The fraction of sp³-hybridized carbons (Fsp3) is 0.625. The Kier molecular flexibility index (Phi) is 8.53. The average Bonchev–Trinajstić information content (AvgIpc) is 2.39. The van der Waals surface area contributed by atoms with Crippen LogP contribution in [0.2, 0.25) is 0 Å². The van der Waals surface area contributed by atoms with E-state index in [9.17, 15) is 0 Å². The van der Waals surface area contributed by atoms with Crippen molar-refractivity contribution >= 4 is 0 Å². The van der Waals surface area contributed by atoms with Gasteiger partial charge in [-0.2, -0.15) is 0 Å². The van der Waals surface area contributed by atoms with Gasteiger partial charge in [0.25, 0.3) is 0 Å². The van der Waals surface area contributed by atoms with Gasteiger partial charge in [-0.25, -0.2) is 0 Å². The van der Waals surface area contributed by atoms with Crippen LogP contribution in [0.5, 0.6) is 0 Å². The molecule has 0 aromatic heterocycles. The third-order valence-corrected chi connectivity index (χ3v) is 2.99. The first-order chi connectivity index (χ1) is 8.83. The van der Waals surface area contributed by atoms with Crippen molar-refractivity contribution in [3.8, 4) is 0 Å². The second-order valence-electron chi connectivity index (χ2n) is 4.85. The highest BCUT2D eigenvalue weighted by Gasteiger charge is 1.93. The lowest BCUT2D eigenvalue weighted by atomic mass is 10.2. The second-order valence-corrected chi connectivity index (χ2v) is 4.85. The summed E-state index contributed by atoms with van der Waals surface area (Å²) in [4.78, 5) is 0. The Balaban J connectivity index is 1.91. The van der Waals surface area contributed by atoms with Gasteiger partial charge in [-0.1, -0.05) is 43.2 Å². The summed E-state index contributed by atoms with van der Waals surface area (Å²) in [7, 11) is 0. The molecule has 1 rings (SSSR count). The van der Waals surface area contributed by atoms with Crippen LogP contribution in [0.1, 0.15) is 43.7 Å². The Hall–Kier alpha value is -0.860. The molecule has 0 aliphatic carbocycles. The number of unbranched alkanes of at least 4 members (excludes halogenated alkanes) is 2. The molecule has 0 amide bonds. The fourth-order valence-corrected chi connectivity index (χ4v) is 1.76. The minimum absolute atomic E-state index is 0.740. The standard InChI is InChI=1S/C16H27NO/c1-3-4-11-17-12-5-6-13-18-14-16-9-7-15(2)8-10-16/h7-10,17H,3-6,11-14H2,1-2H3. The largest absolute Gasteiger partial charge is 0.377 e. The molecule has 0 radical (unpaired) electrons. The molecule has 0 spiro atoms. The molecule has 0 atom stereocenters. The van der Waals surface area contributed by atoms with E-state index in [-0.39, 0.29) is 0 Å². The third-order valence-electron chi connectivity index (χ3n) is 2.99. The summed E-state index contributed by atoms with van der Waals surface area (Å²) in [5, 5.41) is 3.45. The van der Waals surface area contributed by atoms with Crippen molar-refractivity contribution in [2.45, 2.75) is 46.1 Å². The highest BCUT2D eigenvalue weighted by molar-refractivity contribution is 5.20. The summed E-state index contributed by atoms with van der Waals surface area (Å²) in [5.41, 5.74) is 2.57. The van der Waals surface area contributed by atoms with Crippen molar-refractivity contribution in [2.24, 2.45) is 0 Å². The van der Waals surface area contributed by atoms with E-state index >= 15 is 0 Å². The lowest BCUT2D eigenvalue weighted by molar-refractivity contribution is 0.117. The lowest BCUT2D eigenvalue weighted by Crippen LogP contribution is -2.16. The van der Waals surface area contributed by atoms with E-state index in [1.54, 1.807) is 0 Å². The summed E-state index contributed by atoms with van der Waals surface area (Å²) < 4.78 is 5.66. The van der Waals surface area contributed by atoms with Crippen molar-refractivity contribution in [1.29, 1.82) is 0 Å². The van der Waals surface area contributed by atoms with E-state index in [1.807, 2.05) is 0 Å². The maximum Gasteiger partial charge on any atom is 0.0716 e. The Morgan fingerprint density at radius 3 is 2.44 bits per heavy atom. The van der Waals surface area contributed by atoms with Crippen LogP contribution in [-0.4, -0.2) is 19.7 Å². The molecular weight excluding hydrogens is 222 g/mol. The molecule has 0 fully saturated rings. The Bertz CT molecular complexity index is 294. The first kappa shape index (κ1) is 15.2. The molecular formula is C16H27NO. The van der Waals surface area contributed by atoms with Crippen LogP contribution in [0.15, 0.2) is 24.3 Å². The molecule has 1 aromatic rings. The predicted octanol–water partition coefficient (Wildman–Crippen LogP) is 3.68. The van der Waals surface area contributed by atoms with Crippen molar-refractivity contribution < 1.29 is 4.74 Å². The highest BCUT2D eigenvalue weighted by atomic mass is 16.5. The van der Waals surface area contributed by atoms with Gasteiger partial charge in [-0.3, -0.25) is 0 Å². The average molecular weight is 249 g/mol. The normalized spacial score (nSPS) is 10.8. The van der Waals surface area contributed by atoms with E-state index in [0.717, 1.165) is 32.7 Å². The van der Waals surface area contributed by atoms with Crippen LogP contribution in [0.25, 0.3) is 0 Å². The number of hydrogen-bond acceptors (Lipinski definition) is 2. The van der Waals surface area contributed by atoms with Gasteiger partial charge < -0.3 is 10.1 Å². The lowest BCUT2D eigenvalue weighted by Gasteiger charge is -2.06. The van der Waals surface area contributed by atoms with E-state index < -0.39 is 0 Å². The first-order valence-corrected chi connectivity index (χ1v) is 7.17. The molecule has 1 N–H and O–H groups in total. The molecule has 0 heterocycles. The van der Waals surface area contributed by atoms with Gasteiger partial charge in [-0.05, 0) is 44.8 Å². The summed E-state index contributed by atoms with van der Waals surface area (Å²) in [6, 6.07) is 8.55. The number of rotatable bonds is 10. The molecule has 0 saturated carbocycles. The van der Waals surface area contributed by atoms with Crippen LogP contribution in [0.4, 0.5) is 0 Å². The van der Waals surface area contributed by atoms with E-state index in [2.05, 4.69) is 43.4 Å². The van der Waals surface area contributed by atoms with Crippen LogP contribution >= 0.6 is 0 Å². The van der Waals surface area contributed by atoms with Crippen molar-refractivity contribution in [3.63, 3.8) is 0 Å². The van der Waals surface area contributed by atoms with Crippen LogP contribution < -0.4 is 5.32 Å². The molecule has 0 aliphatic heterocycles. The zero-order valence-corrected chi connectivity index (χ0v) is 11.9. The minimum atomic E-state index is 0.740. The molecule has 0 saturated heterocycles. The maximum absolute atomic E-state index is 5.66. The number of aryl methyl sites for hydroxylation is 1. The molecule has 0 unspecified atom stereocenters. The Labute approximate surface area is 112 Å². The van der Waals surface area contributed by atoms with E-state index in [4.69, 9.17) is 4.74 Å². The van der Waals surface area contributed by atoms with Crippen LogP contribution in [0, 0.1) is 6.92 Å². The van der Waals surface area contributed by atoms with Gasteiger partial charge >= 0.3 is 0 Å². The van der Waals surface area contributed by atoms with Gasteiger partial charge in [-0.15, -0.1) is 0 Å². The Morgan fingerprint density at radius 2 is 1.72 bits per heavy atom. The van der Waals surface area contributed by atoms with E-state index in [0.29, 0.717) is 0 Å². The Morgan fingerprint density at radius 1 is 1.00 bits per heavy atom. The van der Waals surface area contributed by atoms with Gasteiger partial charge in [0.05, 0.1) is 6.61 Å². The van der Waals surface area contributed by atoms with E-state index in [1.165, 1.54) is 30.4 Å². The zero-order valence-electron chi connectivity index (χ0n) is 11.9. The number of ether oxygens (including phenoxy) is 1. The summed E-state index contributed by atoms with van der Waals surface area (Å²) >= 11 is 0. The topological polar surface area (TPSA) is 21.3 Å². The summed E-state index contributed by atoms with van der Waals surface area (Å²) in [5.74, 6) is 0. The number of nitrogens with one attached hydrogen (secondary N) is 1. The second kappa shape index (κ2) is 10.1. The monoisotopic (exact) mass is 249 g/mol. The predicted molar refractivity (Wildman–Crippen MR) is 77.8 cm³/mol. The number of benzene rings is 1. The SMILES string of the molecule is CCCCNCCCCOCc1ccc(C)cc1.